The molecular formula is C14H16N2O4. The van der Waals surface area contributed by atoms with Crippen LogP contribution in [0.1, 0.15) is 29.6 Å². The van der Waals surface area contributed by atoms with Gasteiger partial charge in [-0.05, 0) is 25.5 Å². The van der Waals surface area contributed by atoms with Gasteiger partial charge in [-0.25, -0.2) is 4.79 Å². The second kappa shape index (κ2) is 6.81. The van der Waals surface area contributed by atoms with Crippen LogP contribution in [-0.4, -0.2) is 34.5 Å². The van der Waals surface area contributed by atoms with E-state index in [1.54, 1.807) is 18.2 Å². The third kappa shape index (κ3) is 3.42. The van der Waals surface area contributed by atoms with Gasteiger partial charge in [0.2, 0.25) is 11.8 Å². The highest BCUT2D eigenvalue weighted by atomic mass is 16.5. The van der Waals surface area contributed by atoms with E-state index in [1.807, 2.05) is 6.92 Å². The zero-order valence-electron chi connectivity index (χ0n) is 11.2. The molecule has 0 fully saturated rings. The number of ether oxygens (including phenoxy) is 1. The van der Waals surface area contributed by atoms with Gasteiger partial charge >= 0.3 is 5.97 Å². The number of nitrogens with zero attached hydrogens (tertiary/aromatic N) is 2. The number of aromatic carboxylic acids is 1. The molecule has 1 N–H and O–H groups in total. The van der Waals surface area contributed by atoms with Crippen LogP contribution in [0.3, 0.4) is 0 Å². The number of carboxylic acid groups (broad SMARTS) is 1. The second-order valence-corrected chi connectivity index (χ2v) is 4.15. The Balaban J connectivity index is 2.11. The smallest absolute Gasteiger partial charge is 0.336 e. The number of carboxylic acids is 1. The van der Waals surface area contributed by atoms with E-state index in [4.69, 9.17) is 14.3 Å². The summed E-state index contributed by atoms with van der Waals surface area (Å²) in [5, 5.41) is 17.0. The Morgan fingerprint density at radius 2 is 2.15 bits per heavy atom. The Hall–Kier alpha value is -2.21. The van der Waals surface area contributed by atoms with Crippen LogP contribution in [0.25, 0.3) is 11.5 Å². The second-order valence-electron chi connectivity index (χ2n) is 4.15. The van der Waals surface area contributed by atoms with Crippen molar-refractivity contribution >= 4 is 5.97 Å². The highest BCUT2D eigenvalue weighted by Crippen LogP contribution is 2.22. The molecule has 106 valence electrons. The van der Waals surface area contributed by atoms with Crippen molar-refractivity contribution in [1.82, 2.24) is 10.2 Å². The molecule has 0 aliphatic heterocycles. The third-order valence-electron chi connectivity index (χ3n) is 2.74. The van der Waals surface area contributed by atoms with Gasteiger partial charge in [0, 0.05) is 19.6 Å². The summed E-state index contributed by atoms with van der Waals surface area (Å²) in [5.41, 5.74) is 0.584. The monoisotopic (exact) mass is 276 g/mol. The van der Waals surface area contributed by atoms with E-state index in [-0.39, 0.29) is 11.5 Å². The molecule has 6 nitrogen and oxygen atoms in total. The van der Waals surface area contributed by atoms with Gasteiger partial charge < -0.3 is 14.3 Å². The van der Waals surface area contributed by atoms with E-state index in [9.17, 15) is 4.79 Å². The first-order valence-corrected chi connectivity index (χ1v) is 6.45. The van der Waals surface area contributed by atoms with Crippen molar-refractivity contribution in [3.63, 3.8) is 0 Å². The van der Waals surface area contributed by atoms with E-state index >= 15 is 0 Å². The predicted molar refractivity (Wildman–Crippen MR) is 71.5 cm³/mol. The minimum absolute atomic E-state index is 0.150. The van der Waals surface area contributed by atoms with Crippen LogP contribution >= 0.6 is 0 Å². The fourth-order valence-corrected chi connectivity index (χ4v) is 1.79. The normalized spacial score (nSPS) is 10.7. The fraction of sp³-hybridized carbons (Fsp3) is 0.357. The van der Waals surface area contributed by atoms with Crippen LogP contribution in [0.2, 0.25) is 0 Å². The average molecular weight is 276 g/mol. The molecule has 20 heavy (non-hydrogen) atoms. The standard InChI is InChI=1S/C14H16N2O4/c1-2-19-9-5-8-12-15-16-13(20-12)10-6-3-4-7-11(10)14(17)18/h3-4,6-7H,2,5,8-9H2,1H3,(H,17,18). The van der Waals surface area contributed by atoms with Crippen molar-refractivity contribution in [2.45, 2.75) is 19.8 Å². The highest BCUT2D eigenvalue weighted by molar-refractivity contribution is 5.94. The van der Waals surface area contributed by atoms with Gasteiger partial charge in [-0.2, -0.15) is 0 Å². The minimum atomic E-state index is -1.02. The van der Waals surface area contributed by atoms with E-state index in [2.05, 4.69) is 10.2 Å². The van der Waals surface area contributed by atoms with Crippen LogP contribution in [0, 0.1) is 0 Å². The summed E-state index contributed by atoms with van der Waals surface area (Å²) < 4.78 is 10.7. The lowest BCUT2D eigenvalue weighted by Gasteiger charge is -2.00. The van der Waals surface area contributed by atoms with Crippen molar-refractivity contribution < 1.29 is 19.1 Å². The summed E-state index contributed by atoms with van der Waals surface area (Å²) in [6.45, 7) is 3.26. The Morgan fingerprint density at radius 1 is 1.35 bits per heavy atom. The summed E-state index contributed by atoms with van der Waals surface area (Å²) in [6, 6.07) is 6.56. The van der Waals surface area contributed by atoms with Crippen LogP contribution in [0.4, 0.5) is 0 Å². The van der Waals surface area contributed by atoms with Crippen molar-refractivity contribution in [2.24, 2.45) is 0 Å². The van der Waals surface area contributed by atoms with Crippen molar-refractivity contribution in [2.75, 3.05) is 13.2 Å². The predicted octanol–water partition coefficient (Wildman–Crippen LogP) is 2.40. The molecular weight excluding hydrogens is 260 g/mol. The van der Waals surface area contributed by atoms with Gasteiger partial charge in [0.05, 0.1) is 11.1 Å². The topological polar surface area (TPSA) is 85.5 Å². The van der Waals surface area contributed by atoms with E-state index < -0.39 is 5.97 Å². The van der Waals surface area contributed by atoms with Gasteiger partial charge in [0.25, 0.3) is 0 Å². The third-order valence-corrected chi connectivity index (χ3v) is 2.74. The minimum Gasteiger partial charge on any atom is -0.478 e. The maximum atomic E-state index is 11.1. The van der Waals surface area contributed by atoms with E-state index in [1.165, 1.54) is 6.07 Å². The molecule has 1 heterocycles. The molecule has 0 unspecified atom stereocenters. The summed E-state index contributed by atoms with van der Waals surface area (Å²) >= 11 is 0. The van der Waals surface area contributed by atoms with Crippen molar-refractivity contribution in [3.05, 3.63) is 35.7 Å². The first-order valence-electron chi connectivity index (χ1n) is 6.45. The van der Waals surface area contributed by atoms with Crippen LogP contribution in [0.5, 0.6) is 0 Å². The average Bonchev–Trinajstić information content (AvgIpc) is 2.92. The van der Waals surface area contributed by atoms with Crippen molar-refractivity contribution in [3.8, 4) is 11.5 Å². The van der Waals surface area contributed by atoms with Crippen molar-refractivity contribution in [1.29, 1.82) is 0 Å². The molecule has 0 saturated carbocycles. The van der Waals surface area contributed by atoms with Crippen LogP contribution in [-0.2, 0) is 11.2 Å². The maximum absolute atomic E-state index is 11.1. The summed E-state index contributed by atoms with van der Waals surface area (Å²) in [7, 11) is 0. The van der Waals surface area contributed by atoms with Gasteiger partial charge in [-0.1, -0.05) is 12.1 Å². The number of rotatable bonds is 7. The quantitative estimate of drug-likeness (QED) is 0.781. The fourth-order valence-electron chi connectivity index (χ4n) is 1.79. The molecule has 0 bridgehead atoms. The zero-order valence-corrected chi connectivity index (χ0v) is 11.2. The summed E-state index contributed by atoms with van der Waals surface area (Å²) in [4.78, 5) is 11.1. The van der Waals surface area contributed by atoms with Gasteiger partial charge in [0.1, 0.15) is 0 Å². The largest absolute Gasteiger partial charge is 0.478 e. The number of hydrogen-bond donors (Lipinski definition) is 1. The first-order chi connectivity index (χ1) is 9.72. The molecule has 0 saturated heterocycles. The molecule has 0 radical (unpaired) electrons. The molecule has 1 aromatic carbocycles. The maximum Gasteiger partial charge on any atom is 0.336 e. The highest BCUT2D eigenvalue weighted by Gasteiger charge is 2.16. The Kier molecular flexibility index (Phi) is 4.84. The van der Waals surface area contributed by atoms with Gasteiger partial charge in [-0.3, -0.25) is 0 Å². The molecule has 0 aliphatic carbocycles. The molecule has 0 aliphatic rings. The van der Waals surface area contributed by atoms with Gasteiger partial charge in [-0.15, -0.1) is 10.2 Å². The van der Waals surface area contributed by atoms with E-state index in [0.29, 0.717) is 31.1 Å². The molecule has 1 aromatic heterocycles. The van der Waals surface area contributed by atoms with Crippen LogP contribution in [0.15, 0.2) is 28.7 Å². The summed E-state index contributed by atoms with van der Waals surface area (Å²) in [6.07, 6.45) is 1.40. The molecule has 2 aromatic rings. The lowest BCUT2D eigenvalue weighted by atomic mass is 10.1. The Labute approximate surface area is 116 Å². The lowest BCUT2D eigenvalue weighted by molar-refractivity contribution is 0.0697. The molecule has 6 heteroatoms. The Morgan fingerprint density at radius 3 is 2.90 bits per heavy atom. The number of aromatic nitrogens is 2. The lowest BCUT2D eigenvalue weighted by Crippen LogP contribution is -1.99. The SMILES string of the molecule is CCOCCCc1nnc(-c2ccccc2C(=O)O)o1. The molecule has 0 atom stereocenters. The molecule has 2 rings (SSSR count). The number of aryl methyl sites for hydroxylation is 1. The van der Waals surface area contributed by atoms with Crippen LogP contribution < -0.4 is 0 Å². The first kappa shape index (κ1) is 14.2. The van der Waals surface area contributed by atoms with Gasteiger partial charge in [0.15, 0.2) is 0 Å². The number of carbonyl (C=O) groups is 1. The number of hydrogen-bond acceptors (Lipinski definition) is 5. The number of benzene rings is 1. The molecule has 0 amide bonds. The van der Waals surface area contributed by atoms with E-state index in [0.717, 1.165) is 6.42 Å². The Bertz CT molecular complexity index is 580. The molecule has 0 spiro atoms. The zero-order chi connectivity index (χ0) is 14.4. The summed E-state index contributed by atoms with van der Waals surface area (Å²) in [5.74, 6) is -0.300.